The number of ether oxygens (including phenoxy) is 1. The minimum absolute atomic E-state index is 0.168. The van der Waals surface area contributed by atoms with Crippen LogP contribution in [0.2, 0.25) is 0 Å². The number of rotatable bonds is 4. The van der Waals surface area contributed by atoms with E-state index < -0.39 is 0 Å². The van der Waals surface area contributed by atoms with E-state index in [0.29, 0.717) is 5.82 Å². The summed E-state index contributed by atoms with van der Waals surface area (Å²) in [6.07, 6.45) is 4.17. The molecule has 0 saturated carbocycles. The Labute approximate surface area is 96.2 Å². The van der Waals surface area contributed by atoms with Gasteiger partial charge in [-0.3, -0.25) is 0 Å². The molecule has 0 aromatic carbocycles. The lowest BCUT2D eigenvalue weighted by molar-refractivity contribution is 0.0789. The lowest BCUT2D eigenvalue weighted by Gasteiger charge is -2.24. The largest absolute Gasteiger partial charge is 0.383 e. The molecule has 2 unspecified atom stereocenters. The normalized spacial score (nSPS) is 22.2. The summed E-state index contributed by atoms with van der Waals surface area (Å²) in [6.45, 7) is 3.85. The van der Waals surface area contributed by atoms with E-state index in [2.05, 4.69) is 17.2 Å². The van der Waals surface area contributed by atoms with Crippen molar-refractivity contribution in [3.05, 3.63) is 23.9 Å². The van der Waals surface area contributed by atoms with E-state index in [1.165, 1.54) is 0 Å². The maximum absolute atomic E-state index is 5.91. The van der Waals surface area contributed by atoms with E-state index in [1.54, 1.807) is 6.20 Å². The predicted octanol–water partition coefficient (Wildman–Crippen LogP) is 1.49. The fourth-order valence-electron chi connectivity index (χ4n) is 2.22. The Kier molecular flexibility index (Phi) is 3.74. The third-order valence-electron chi connectivity index (χ3n) is 2.97. The highest BCUT2D eigenvalue weighted by Crippen LogP contribution is 2.28. The molecule has 1 aliphatic rings. The smallest absolute Gasteiger partial charge is 0.128 e. The van der Waals surface area contributed by atoms with Crippen molar-refractivity contribution in [1.82, 2.24) is 10.3 Å². The molecule has 1 aromatic heterocycles. The van der Waals surface area contributed by atoms with Crippen LogP contribution in [0.1, 0.15) is 31.4 Å². The van der Waals surface area contributed by atoms with Gasteiger partial charge in [-0.05, 0) is 25.5 Å². The molecule has 4 nitrogen and oxygen atoms in total. The number of pyridine rings is 1. The molecule has 3 N–H and O–H groups in total. The van der Waals surface area contributed by atoms with E-state index in [4.69, 9.17) is 10.5 Å². The second kappa shape index (κ2) is 5.27. The summed E-state index contributed by atoms with van der Waals surface area (Å²) in [5.41, 5.74) is 6.96. The van der Waals surface area contributed by atoms with E-state index in [-0.39, 0.29) is 12.1 Å². The molecule has 0 bridgehead atoms. The van der Waals surface area contributed by atoms with E-state index >= 15 is 0 Å². The maximum Gasteiger partial charge on any atom is 0.128 e. The van der Waals surface area contributed by atoms with Crippen molar-refractivity contribution in [2.75, 3.05) is 18.9 Å². The summed E-state index contributed by atoms with van der Waals surface area (Å²) < 4.78 is 5.73. The molecule has 1 saturated heterocycles. The minimum atomic E-state index is 0.168. The first-order valence-electron chi connectivity index (χ1n) is 5.88. The van der Waals surface area contributed by atoms with E-state index in [0.717, 1.165) is 31.6 Å². The first-order chi connectivity index (χ1) is 7.83. The molecule has 4 heteroatoms. The second-order valence-electron chi connectivity index (χ2n) is 4.06. The van der Waals surface area contributed by atoms with Gasteiger partial charge in [0, 0.05) is 18.4 Å². The Balaban J connectivity index is 2.21. The van der Waals surface area contributed by atoms with Gasteiger partial charge in [0.25, 0.3) is 0 Å². The highest BCUT2D eigenvalue weighted by molar-refractivity contribution is 5.41. The number of nitrogens with two attached hydrogens (primary N) is 1. The first kappa shape index (κ1) is 11.4. The van der Waals surface area contributed by atoms with Gasteiger partial charge in [0.15, 0.2) is 0 Å². The first-order valence-corrected chi connectivity index (χ1v) is 5.88. The fraction of sp³-hybridized carbons (Fsp3) is 0.583. The van der Waals surface area contributed by atoms with Crippen LogP contribution in [0.15, 0.2) is 18.3 Å². The number of nitrogen functional groups attached to an aromatic ring is 1. The van der Waals surface area contributed by atoms with Crippen molar-refractivity contribution in [3.63, 3.8) is 0 Å². The van der Waals surface area contributed by atoms with Gasteiger partial charge in [-0.1, -0.05) is 13.0 Å². The molecule has 0 amide bonds. The van der Waals surface area contributed by atoms with Crippen molar-refractivity contribution in [1.29, 1.82) is 0 Å². The molecule has 1 fully saturated rings. The molecule has 2 rings (SSSR count). The highest BCUT2D eigenvalue weighted by Gasteiger charge is 2.28. The van der Waals surface area contributed by atoms with Gasteiger partial charge in [-0.25, -0.2) is 4.98 Å². The quantitative estimate of drug-likeness (QED) is 0.808. The molecule has 1 aromatic rings. The number of nitrogens with one attached hydrogen (secondary N) is 1. The summed E-state index contributed by atoms with van der Waals surface area (Å²) in [4.78, 5) is 4.14. The molecule has 88 valence electrons. The Morgan fingerprint density at radius 3 is 3.19 bits per heavy atom. The average molecular weight is 221 g/mol. The van der Waals surface area contributed by atoms with Crippen LogP contribution in [-0.2, 0) is 4.74 Å². The molecule has 0 radical (unpaired) electrons. The lowest BCUT2D eigenvalue weighted by atomic mass is 10.00. The zero-order valence-corrected chi connectivity index (χ0v) is 9.65. The van der Waals surface area contributed by atoms with Crippen molar-refractivity contribution in [2.24, 2.45) is 0 Å². The lowest BCUT2D eigenvalue weighted by Crippen LogP contribution is -2.32. The van der Waals surface area contributed by atoms with Gasteiger partial charge in [-0.15, -0.1) is 0 Å². The Morgan fingerprint density at radius 2 is 2.56 bits per heavy atom. The Bertz CT molecular complexity index is 337. The van der Waals surface area contributed by atoms with Crippen LogP contribution in [0.4, 0.5) is 5.82 Å². The molecular formula is C12H19N3O. The van der Waals surface area contributed by atoms with Gasteiger partial charge in [0.1, 0.15) is 5.82 Å². The summed E-state index contributed by atoms with van der Waals surface area (Å²) >= 11 is 0. The van der Waals surface area contributed by atoms with Crippen LogP contribution >= 0.6 is 0 Å². The number of hydrogen-bond donors (Lipinski definition) is 2. The van der Waals surface area contributed by atoms with Crippen molar-refractivity contribution >= 4 is 5.82 Å². The van der Waals surface area contributed by atoms with Crippen LogP contribution < -0.4 is 11.1 Å². The third kappa shape index (κ3) is 2.33. The van der Waals surface area contributed by atoms with Gasteiger partial charge in [0.05, 0.1) is 12.1 Å². The third-order valence-corrected chi connectivity index (χ3v) is 2.97. The van der Waals surface area contributed by atoms with Crippen LogP contribution in [-0.4, -0.2) is 24.2 Å². The monoisotopic (exact) mass is 221 g/mol. The number of aromatic nitrogens is 1. The zero-order chi connectivity index (χ0) is 11.4. The molecule has 16 heavy (non-hydrogen) atoms. The number of hydrogen-bond acceptors (Lipinski definition) is 4. The van der Waals surface area contributed by atoms with Crippen LogP contribution in [0, 0.1) is 0 Å². The molecular weight excluding hydrogens is 202 g/mol. The highest BCUT2D eigenvalue weighted by atomic mass is 16.5. The van der Waals surface area contributed by atoms with Gasteiger partial charge in [-0.2, -0.15) is 0 Å². The topological polar surface area (TPSA) is 60.2 Å². The zero-order valence-electron chi connectivity index (χ0n) is 9.65. The van der Waals surface area contributed by atoms with Gasteiger partial charge in [0.2, 0.25) is 0 Å². The van der Waals surface area contributed by atoms with Crippen molar-refractivity contribution in [2.45, 2.75) is 31.9 Å². The summed E-state index contributed by atoms with van der Waals surface area (Å²) in [5, 5.41) is 3.44. The summed E-state index contributed by atoms with van der Waals surface area (Å²) in [6, 6.07) is 4.11. The van der Waals surface area contributed by atoms with Crippen molar-refractivity contribution < 1.29 is 4.74 Å². The molecule has 2 heterocycles. The predicted molar refractivity (Wildman–Crippen MR) is 64.0 cm³/mol. The summed E-state index contributed by atoms with van der Waals surface area (Å²) in [5.74, 6) is 0.601. The molecule has 0 aliphatic carbocycles. The standard InChI is InChI=1S/C12H19N3O/c1-2-14-11(10-6-4-8-16-10)9-5-3-7-15-12(9)13/h3,5,7,10-11,14H,2,4,6,8H2,1H3,(H2,13,15). The van der Waals surface area contributed by atoms with Crippen LogP contribution in [0.25, 0.3) is 0 Å². The SMILES string of the molecule is CCNC(c1cccnc1N)C1CCCO1. The van der Waals surface area contributed by atoms with E-state index in [9.17, 15) is 0 Å². The van der Waals surface area contributed by atoms with Crippen LogP contribution in [0.5, 0.6) is 0 Å². The second-order valence-corrected chi connectivity index (χ2v) is 4.06. The number of nitrogens with zero attached hydrogens (tertiary/aromatic N) is 1. The Morgan fingerprint density at radius 1 is 1.69 bits per heavy atom. The van der Waals surface area contributed by atoms with Gasteiger partial charge >= 0.3 is 0 Å². The molecule has 2 atom stereocenters. The number of likely N-dealkylation sites (N-methyl/N-ethyl adjacent to an activating group) is 1. The maximum atomic E-state index is 5.91. The van der Waals surface area contributed by atoms with Crippen molar-refractivity contribution in [3.8, 4) is 0 Å². The summed E-state index contributed by atoms with van der Waals surface area (Å²) in [7, 11) is 0. The van der Waals surface area contributed by atoms with Gasteiger partial charge < -0.3 is 15.8 Å². The van der Waals surface area contributed by atoms with E-state index in [1.807, 2.05) is 12.1 Å². The fourth-order valence-corrected chi connectivity index (χ4v) is 2.22. The molecule has 1 aliphatic heterocycles. The van der Waals surface area contributed by atoms with Crippen LogP contribution in [0.3, 0.4) is 0 Å². The minimum Gasteiger partial charge on any atom is -0.383 e. The molecule has 0 spiro atoms. The average Bonchev–Trinajstić information content (AvgIpc) is 2.80. The Hall–Kier alpha value is -1.13. The number of anilines is 1.